The maximum atomic E-state index is 14.0. The lowest BCUT2D eigenvalue weighted by Crippen LogP contribution is -2.57. The van der Waals surface area contributed by atoms with Crippen molar-refractivity contribution in [3.63, 3.8) is 0 Å². The maximum absolute atomic E-state index is 14.0. The van der Waals surface area contributed by atoms with Crippen LogP contribution in [0.15, 0.2) is 84.5 Å². The molecule has 0 radical (unpaired) electrons. The molecule has 376 valence electrons. The van der Waals surface area contributed by atoms with Crippen LogP contribution < -0.4 is 30.3 Å². The number of aryl methyl sites for hydroxylation is 1. The van der Waals surface area contributed by atoms with E-state index < -0.39 is 68.9 Å². The number of aliphatic hydroxyl groups excluding tert-OH is 1. The van der Waals surface area contributed by atoms with Crippen molar-refractivity contribution >= 4 is 62.2 Å². The normalized spacial score (nSPS) is 15.5. The van der Waals surface area contributed by atoms with E-state index in [1.165, 1.54) is 11.9 Å². The van der Waals surface area contributed by atoms with Crippen LogP contribution in [-0.4, -0.2) is 109 Å². The van der Waals surface area contributed by atoms with Gasteiger partial charge in [-0.25, -0.2) is 18.4 Å². The standard InChI is InChI=1S/C48H58F3N9O8S2/c1-30-41(69-29-55-30)33-13-11-31(12-14-33)25-53-44(63)39-24-36(61)28-60(39)45(64)42(47(2,3)4)57-40(62)19-22-67-20-8-21-68-37-17-15-34(16-18-37)56-46-54-27-38(48(49,50)51)43(58-46)52-26-32-9-7-10-35(23-32)59(5)70(6,65)66/h7,9-18,23,27,29,36,39,42,61H,8,19-22,24-26,28H2,1-6H3,(H,53,63)(H,57,62)(H2,52,54,56,58)/t36-,39+,42-/m1/s1. The number of aromatic nitrogens is 3. The fraction of sp³-hybridized carbons (Fsp3) is 0.417. The molecular weight excluding hydrogens is 952 g/mol. The Kier molecular flexibility index (Phi) is 17.4. The number of hydrogen-bond acceptors (Lipinski definition) is 14. The molecule has 17 nitrogen and oxygen atoms in total. The van der Waals surface area contributed by atoms with E-state index in [2.05, 4.69) is 36.2 Å². The molecule has 3 atom stereocenters. The van der Waals surface area contributed by atoms with Gasteiger partial charge in [-0.2, -0.15) is 18.2 Å². The summed E-state index contributed by atoms with van der Waals surface area (Å²) in [5, 5.41) is 21.9. The van der Waals surface area contributed by atoms with Gasteiger partial charge in [-0.05, 0) is 65.4 Å². The number of likely N-dealkylation sites (tertiary alicyclic amines) is 1. The second-order valence-corrected chi connectivity index (χ2v) is 20.7. The summed E-state index contributed by atoms with van der Waals surface area (Å²) in [4.78, 5) is 55.2. The van der Waals surface area contributed by atoms with E-state index in [0.717, 1.165) is 32.3 Å². The van der Waals surface area contributed by atoms with Gasteiger partial charge in [0.25, 0.3) is 0 Å². The minimum Gasteiger partial charge on any atom is -0.494 e. The number of amides is 3. The highest BCUT2D eigenvalue weighted by Crippen LogP contribution is 2.35. The van der Waals surface area contributed by atoms with E-state index in [4.69, 9.17) is 9.47 Å². The van der Waals surface area contributed by atoms with Crippen LogP contribution in [0.1, 0.15) is 62.4 Å². The lowest BCUT2D eigenvalue weighted by Gasteiger charge is -2.35. The Balaban J connectivity index is 0.919. The summed E-state index contributed by atoms with van der Waals surface area (Å²) in [6, 6.07) is 18.9. The van der Waals surface area contributed by atoms with Crippen molar-refractivity contribution < 1.29 is 50.6 Å². The van der Waals surface area contributed by atoms with Crippen LogP contribution >= 0.6 is 11.3 Å². The van der Waals surface area contributed by atoms with Crippen molar-refractivity contribution in [3.8, 4) is 16.2 Å². The van der Waals surface area contributed by atoms with E-state index in [1.54, 1.807) is 65.4 Å². The monoisotopic (exact) mass is 1010 g/mol. The Morgan fingerprint density at radius 1 is 0.971 bits per heavy atom. The predicted octanol–water partition coefficient (Wildman–Crippen LogP) is 6.66. The molecule has 5 aromatic rings. The number of sulfonamides is 1. The number of aliphatic hydroxyl groups is 1. The number of carbonyl (C=O) groups excluding carboxylic acids is 3. The summed E-state index contributed by atoms with van der Waals surface area (Å²) in [6.07, 6.45) is -3.39. The number of carbonyl (C=O) groups is 3. The number of nitrogens with zero attached hydrogens (tertiary/aromatic N) is 5. The molecular formula is C48H58F3N9O8S2. The van der Waals surface area contributed by atoms with Crippen molar-refractivity contribution in [2.24, 2.45) is 5.41 Å². The highest BCUT2D eigenvalue weighted by molar-refractivity contribution is 7.92. The Hall–Kier alpha value is -6.36. The quantitative estimate of drug-likeness (QED) is 0.0487. The number of anilines is 4. The molecule has 1 fully saturated rings. The highest BCUT2D eigenvalue weighted by Gasteiger charge is 2.44. The summed E-state index contributed by atoms with van der Waals surface area (Å²) in [6.45, 7) is 8.13. The van der Waals surface area contributed by atoms with Gasteiger partial charge >= 0.3 is 6.18 Å². The third-order valence-corrected chi connectivity index (χ3v) is 13.5. The number of hydrogen-bond donors (Lipinski definition) is 5. The molecule has 22 heteroatoms. The van der Waals surface area contributed by atoms with Crippen LogP contribution in [0.4, 0.5) is 36.3 Å². The van der Waals surface area contributed by atoms with E-state index in [-0.39, 0.29) is 58.2 Å². The molecule has 1 saturated heterocycles. The second-order valence-electron chi connectivity index (χ2n) is 17.9. The minimum atomic E-state index is -4.75. The zero-order chi connectivity index (χ0) is 50.8. The second kappa shape index (κ2) is 23.0. The largest absolute Gasteiger partial charge is 0.494 e. The lowest BCUT2D eigenvalue weighted by atomic mass is 9.85. The predicted molar refractivity (Wildman–Crippen MR) is 261 cm³/mol. The van der Waals surface area contributed by atoms with Gasteiger partial charge in [-0.3, -0.25) is 18.7 Å². The summed E-state index contributed by atoms with van der Waals surface area (Å²) in [7, 11) is -2.17. The Labute approximate surface area is 409 Å². The van der Waals surface area contributed by atoms with Crippen LogP contribution in [0.3, 0.4) is 0 Å². The van der Waals surface area contributed by atoms with Crippen molar-refractivity contribution in [2.45, 2.75) is 84.4 Å². The van der Waals surface area contributed by atoms with Crippen molar-refractivity contribution in [3.05, 3.63) is 107 Å². The molecule has 2 aromatic heterocycles. The molecule has 0 spiro atoms. The number of rotatable bonds is 21. The van der Waals surface area contributed by atoms with Crippen molar-refractivity contribution in [1.82, 2.24) is 30.5 Å². The van der Waals surface area contributed by atoms with Crippen LogP contribution in [0.2, 0.25) is 0 Å². The van der Waals surface area contributed by atoms with Crippen LogP contribution in [0.5, 0.6) is 5.75 Å². The molecule has 1 aliphatic rings. The third-order valence-electron chi connectivity index (χ3n) is 11.3. The van der Waals surface area contributed by atoms with E-state index in [1.807, 2.05) is 52.0 Å². The van der Waals surface area contributed by atoms with E-state index >= 15 is 0 Å². The molecule has 70 heavy (non-hydrogen) atoms. The Bertz CT molecular complexity index is 2700. The molecule has 0 unspecified atom stereocenters. The average Bonchev–Trinajstić information content (AvgIpc) is 3.93. The topological polar surface area (TPSA) is 217 Å². The first-order chi connectivity index (χ1) is 33.1. The number of nitrogens with one attached hydrogen (secondary N) is 4. The smallest absolute Gasteiger partial charge is 0.421 e. The average molecular weight is 1010 g/mol. The number of alkyl halides is 3. The molecule has 6 rings (SSSR count). The molecule has 3 amide bonds. The van der Waals surface area contributed by atoms with Crippen LogP contribution in [0.25, 0.3) is 10.4 Å². The fourth-order valence-electron chi connectivity index (χ4n) is 7.42. The van der Waals surface area contributed by atoms with Gasteiger partial charge in [0.1, 0.15) is 29.2 Å². The summed E-state index contributed by atoms with van der Waals surface area (Å²) in [5.41, 5.74) is 4.20. The van der Waals surface area contributed by atoms with Crippen molar-refractivity contribution in [2.75, 3.05) is 54.6 Å². The van der Waals surface area contributed by atoms with Crippen LogP contribution in [0, 0.1) is 12.3 Å². The van der Waals surface area contributed by atoms with Crippen LogP contribution in [-0.2, 0) is 48.4 Å². The SMILES string of the molecule is Cc1ncsc1-c1ccc(CNC(=O)[C@@H]2C[C@@H](O)CN2C(=O)[C@@H](NC(=O)CCOCCCOc2ccc(Nc3ncc(C(F)(F)F)c(NCc4cccc(N(C)S(C)(=O)=O)c4)n3)cc2)C(C)(C)C)cc1. The number of ether oxygens (including phenoxy) is 2. The molecule has 3 heterocycles. The highest BCUT2D eigenvalue weighted by atomic mass is 32.2. The Morgan fingerprint density at radius 3 is 2.36 bits per heavy atom. The lowest BCUT2D eigenvalue weighted by molar-refractivity contribution is -0.144. The molecule has 3 aromatic carbocycles. The minimum absolute atomic E-state index is 0.0255. The van der Waals surface area contributed by atoms with Gasteiger partial charge in [0.05, 0.1) is 47.3 Å². The van der Waals surface area contributed by atoms with Gasteiger partial charge in [-0.15, -0.1) is 11.3 Å². The van der Waals surface area contributed by atoms with E-state index in [0.29, 0.717) is 35.3 Å². The number of β-amino-alcohol motifs (C(OH)–C–C–N with tert-alkyl or cyclic N) is 1. The number of thiazole rings is 1. The van der Waals surface area contributed by atoms with Gasteiger partial charge < -0.3 is 40.7 Å². The molecule has 5 N–H and O–H groups in total. The van der Waals surface area contributed by atoms with Gasteiger partial charge in [0.2, 0.25) is 33.7 Å². The molecule has 1 aliphatic heterocycles. The maximum Gasteiger partial charge on any atom is 0.421 e. The summed E-state index contributed by atoms with van der Waals surface area (Å²) < 4.78 is 78.1. The molecule has 0 bridgehead atoms. The first-order valence-electron chi connectivity index (χ1n) is 22.4. The zero-order valence-electron chi connectivity index (χ0n) is 39.7. The third kappa shape index (κ3) is 14.6. The first-order valence-corrected chi connectivity index (χ1v) is 25.1. The summed E-state index contributed by atoms with van der Waals surface area (Å²) >= 11 is 1.56. The van der Waals surface area contributed by atoms with Crippen molar-refractivity contribution in [1.29, 1.82) is 0 Å². The molecule has 0 saturated carbocycles. The Morgan fingerprint density at radius 2 is 1.70 bits per heavy atom. The number of benzene rings is 3. The van der Waals surface area contributed by atoms with E-state index in [9.17, 15) is 41.1 Å². The molecule has 0 aliphatic carbocycles. The van der Waals surface area contributed by atoms with Gasteiger partial charge in [0, 0.05) is 64.4 Å². The zero-order valence-corrected chi connectivity index (χ0v) is 41.3. The first kappa shape index (κ1) is 53.0. The summed E-state index contributed by atoms with van der Waals surface area (Å²) in [5.74, 6) is -1.32. The fourth-order valence-corrected chi connectivity index (χ4v) is 8.73. The van der Waals surface area contributed by atoms with Gasteiger partial charge in [0.15, 0.2) is 0 Å². The number of halogens is 3. The van der Waals surface area contributed by atoms with Gasteiger partial charge in [-0.1, -0.05) is 57.2 Å².